The first kappa shape index (κ1) is 28.4. The SMILES string of the molecule is CCCn1cc(-c2cccc(N(C[C@H]3CC[C@H](c4ccc(OC)c(C)c4)CC3)C(=O)[C@H]3CC[C@H](O)CC3)c2)cn1. The Kier molecular flexibility index (Phi) is 9.25. The molecular weight excluding hydrogens is 498 g/mol. The molecule has 1 heterocycles. The third kappa shape index (κ3) is 6.60. The van der Waals surface area contributed by atoms with Gasteiger partial charge in [-0.05, 0) is 111 Å². The maximum Gasteiger partial charge on any atom is 0.230 e. The van der Waals surface area contributed by atoms with Crippen molar-refractivity contribution in [1.29, 1.82) is 0 Å². The second-order valence-corrected chi connectivity index (χ2v) is 11.9. The second kappa shape index (κ2) is 13.0. The highest BCUT2D eigenvalue weighted by atomic mass is 16.5. The largest absolute Gasteiger partial charge is 0.496 e. The fraction of sp³-hybridized carbons (Fsp3) is 0.529. The maximum absolute atomic E-state index is 14.0. The molecule has 1 amide bonds. The predicted molar refractivity (Wildman–Crippen MR) is 161 cm³/mol. The van der Waals surface area contributed by atoms with Crippen molar-refractivity contribution in [3.05, 3.63) is 66.0 Å². The summed E-state index contributed by atoms with van der Waals surface area (Å²) in [5, 5.41) is 14.6. The molecule has 5 rings (SSSR count). The smallest absolute Gasteiger partial charge is 0.230 e. The van der Waals surface area contributed by atoms with E-state index in [1.54, 1.807) is 7.11 Å². The summed E-state index contributed by atoms with van der Waals surface area (Å²) in [6.07, 6.45) is 12.3. The average Bonchev–Trinajstić information content (AvgIpc) is 3.45. The van der Waals surface area contributed by atoms with Gasteiger partial charge >= 0.3 is 0 Å². The van der Waals surface area contributed by atoms with E-state index in [1.165, 1.54) is 11.1 Å². The number of hydrogen-bond acceptors (Lipinski definition) is 4. The minimum absolute atomic E-state index is 0.0158. The Morgan fingerprint density at radius 3 is 2.50 bits per heavy atom. The Hall–Kier alpha value is -3.12. The van der Waals surface area contributed by atoms with E-state index >= 15 is 0 Å². The zero-order chi connectivity index (χ0) is 28.1. The summed E-state index contributed by atoms with van der Waals surface area (Å²) in [6, 6.07) is 15.0. The molecule has 2 aromatic carbocycles. The molecule has 2 aliphatic carbocycles. The van der Waals surface area contributed by atoms with Crippen LogP contribution in [0.2, 0.25) is 0 Å². The van der Waals surface area contributed by atoms with Crippen LogP contribution >= 0.6 is 0 Å². The molecule has 2 saturated carbocycles. The number of aliphatic hydroxyl groups excluding tert-OH is 1. The first-order chi connectivity index (χ1) is 19.4. The number of rotatable bonds is 9. The van der Waals surface area contributed by atoms with Gasteiger partial charge in [0.2, 0.25) is 5.91 Å². The molecule has 40 heavy (non-hydrogen) atoms. The van der Waals surface area contributed by atoms with Crippen molar-refractivity contribution in [3.63, 3.8) is 0 Å². The standard InChI is InChI=1S/C34H45N3O3/c1-4-18-36-23-30(21-35-36)28-6-5-7-31(20-28)37(34(39)27-12-15-32(38)16-13-27)22-25-8-10-26(11-9-25)29-14-17-33(40-3)24(2)19-29/h5-7,14,17,19-21,23,25-27,32,38H,4,8-13,15-16,18,22H2,1-3H3/t25-,26-,27-,32-. The van der Waals surface area contributed by atoms with Gasteiger partial charge in [-0.1, -0.05) is 31.2 Å². The van der Waals surface area contributed by atoms with Crippen LogP contribution < -0.4 is 9.64 Å². The van der Waals surface area contributed by atoms with Gasteiger partial charge in [0, 0.05) is 36.5 Å². The monoisotopic (exact) mass is 543 g/mol. The molecule has 3 aromatic rings. The van der Waals surface area contributed by atoms with E-state index in [4.69, 9.17) is 4.74 Å². The van der Waals surface area contributed by atoms with Gasteiger partial charge in [-0.15, -0.1) is 0 Å². The summed E-state index contributed by atoms with van der Waals surface area (Å²) in [5.41, 5.74) is 5.75. The molecule has 2 fully saturated rings. The number of nitrogens with zero attached hydrogens (tertiary/aromatic N) is 3. The molecule has 0 atom stereocenters. The lowest BCUT2D eigenvalue weighted by molar-refractivity contribution is -0.124. The van der Waals surface area contributed by atoms with E-state index in [-0.39, 0.29) is 17.9 Å². The molecule has 0 aliphatic heterocycles. The van der Waals surface area contributed by atoms with Gasteiger partial charge in [0.05, 0.1) is 19.4 Å². The van der Waals surface area contributed by atoms with E-state index in [9.17, 15) is 9.90 Å². The minimum Gasteiger partial charge on any atom is -0.496 e. The Morgan fingerprint density at radius 2 is 1.80 bits per heavy atom. The molecule has 0 radical (unpaired) electrons. The second-order valence-electron chi connectivity index (χ2n) is 11.9. The predicted octanol–water partition coefficient (Wildman–Crippen LogP) is 7.14. The number of amides is 1. The molecule has 6 heteroatoms. The van der Waals surface area contributed by atoms with Crippen LogP contribution in [0.5, 0.6) is 5.75 Å². The molecule has 0 bridgehead atoms. The molecule has 1 aromatic heterocycles. The zero-order valence-corrected chi connectivity index (χ0v) is 24.4. The van der Waals surface area contributed by atoms with Crippen molar-refractivity contribution < 1.29 is 14.6 Å². The van der Waals surface area contributed by atoms with Crippen LogP contribution in [0.25, 0.3) is 11.1 Å². The van der Waals surface area contributed by atoms with Gasteiger partial charge < -0.3 is 14.7 Å². The van der Waals surface area contributed by atoms with Gasteiger partial charge in [-0.3, -0.25) is 9.48 Å². The van der Waals surface area contributed by atoms with Crippen LogP contribution in [0.3, 0.4) is 0 Å². The first-order valence-corrected chi connectivity index (χ1v) is 15.2. The van der Waals surface area contributed by atoms with Crippen LogP contribution in [-0.2, 0) is 11.3 Å². The molecule has 0 spiro atoms. The van der Waals surface area contributed by atoms with Gasteiger partial charge in [-0.25, -0.2) is 0 Å². The Morgan fingerprint density at radius 1 is 1.02 bits per heavy atom. The topological polar surface area (TPSA) is 67.6 Å². The average molecular weight is 544 g/mol. The van der Waals surface area contributed by atoms with Crippen molar-refractivity contribution in [2.24, 2.45) is 11.8 Å². The molecule has 0 unspecified atom stereocenters. The summed E-state index contributed by atoms with van der Waals surface area (Å²) < 4.78 is 7.45. The molecular formula is C34H45N3O3. The minimum atomic E-state index is -0.266. The van der Waals surface area contributed by atoms with E-state index in [0.717, 1.165) is 80.6 Å². The maximum atomic E-state index is 14.0. The lowest BCUT2D eigenvalue weighted by Gasteiger charge is -2.36. The first-order valence-electron chi connectivity index (χ1n) is 15.2. The number of benzene rings is 2. The number of methoxy groups -OCH3 is 1. The normalized spacial score (nSPS) is 23.1. The fourth-order valence-electron chi connectivity index (χ4n) is 6.68. The molecule has 214 valence electrons. The van der Waals surface area contributed by atoms with Gasteiger partial charge in [0.1, 0.15) is 5.75 Å². The summed E-state index contributed by atoms with van der Waals surface area (Å²) >= 11 is 0. The quantitative estimate of drug-likeness (QED) is 0.312. The number of aryl methyl sites for hydroxylation is 2. The summed E-state index contributed by atoms with van der Waals surface area (Å²) in [4.78, 5) is 16.1. The van der Waals surface area contributed by atoms with Crippen LogP contribution in [0, 0.1) is 18.8 Å². The Labute approximate surface area is 239 Å². The molecule has 1 N–H and O–H groups in total. The van der Waals surface area contributed by atoms with Gasteiger partial charge in [0.15, 0.2) is 0 Å². The van der Waals surface area contributed by atoms with Crippen LogP contribution in [-0.4, -0.2) is 40.6 Å². The van der Waals surface area contributed by atoms with Crippen molar-refractivity contribution in [2.45, 2.75) is 90.2 Å². The number of carbonyl (C=O) groups excluding carboxylic acids is 1. The van der Waals surface area contributed by atoms with Crippen LogP contribution in [0.15, 0.2) is 54.9 Å². The Balaban J connectivity index is 1.33. The number of aromatic nitrogens is 2. The summed E-state index contributed by atoms with van der Waals surface area (Å²) in [5.74, 6) is 2.19. The Bertz CT molecular complexity index is 1270. The molecule has 2 aliphatic rings. The van der Waals surface area contributed by atoms with E-state index in [0.29, 0.717) is 24.7 Å². The van der Waals surface area contributed by atoms with Crippen molar-refractivity contribution >= 4 is 11.6 Å². The number of hydrogen-bond donors (Lipinski definition) is 1. The van der Waals surface area contributed by atoms with E-state index in [2.05, 4.69) is 72.5 Å². The van der Waals surface area contributed by atoms with Crippen molar-refractivity contribution in [3.8, 4) is 16.9 Å². The number of aliphatic hydroxyl groups is 1. The van der Waals surface area contributed by atoms with Gasteiger partial charge in [-0.2, -0.15) is 5.10 Å². The highest BCUT2D eigenvalue weighted by Crippen LogP contribution is 2.39. The molecule has 6 nitrogen and oxygen atoms in total. The van der Waals surface area contributed by atoms with Crippen molar-refractivity contribution in [1.82, 2.24) is 9.78 Å². The molecule has 0 saturated heterocycles. The van der Waals surface area contributed by atoms with E-state index in [1.807, 2.05) is 10.9 Å². The summed E-state index contributed by atoms with van der Waals surface area (Å²) in [7, 11) is 1.73. The fourth-order valence-corrected chi connectivity index (χ4v) is 6.68. The number of carbonyl (C=O) groups is 1. The van der Waals surface area contributed by atoms with E-state index < -0.39 is 0 Å². The lowest BCUT2D eigenvalue weighted by Crippen LogP contribution is -2.41. The van der Waals surface area contributed by atoms with Gasteiger partial charge in [0.25, 0.3) is 0 Å². The highest BCUT2D eigenvalue weighted by molar-refractivity contribution is 5.95. The number of anilines is 1. The lowest BCUT2D eigenvalue weighted by atomic mass is 9.78. The number of ether oxygens (including phenoxy) is 1. The third-order valence-electron chi connectivity index (χ3n) is 9.07. The van der Waals surface area contributed by atoms with Crippen LogP contribution in [0.4, 0.5) is 5.69 Å². The highest BCUT2D eigenvalue weighted by Gasteiger charge is 2.32. The van der Waals surface area contributed by atoms with Crippen molar-refractivity contribution in [2.75, 3.05) is 18.6 Å². The zero-order valence-electron chi connectivity index (χ0n) is 24.4. The third-order valence-corrected chi connectivity index (χ3v) is 9.07. The summed E-state index contributed by atoms with van der Waals surface area (Å²) in [6.45, 7) is 5.92. The van der Waals surface area contributed by atoms with Crippen LogP contribution in [0.1, 0.15) is 81.8 Å².